The fourth-order valence-electron chi connectivity index (χ4n) is 1.77. The zero-order valence-electron chi connectivity index (χ0n) is 11.0. The Labute approximate surface area is 102 Å². The van der Waals surface area contributed by atoms with Gasteiger partial charge in [-0.25, -0.2) is 4.79 Å². The number of alkyl carbamates (subject to hydrolysis) is 1. The number of rotatable bonds is 4. The molecule has 0 atom stereocenters. The molecule has 98 valence electrons. The minimum Gasteiger partial charge on any atom is -0.444 e. The Morgan fingerprint density at radius 1 is 1.29 bits per heavy atom. The summed E-state index contributed by atoms with van der Waals surface area (Å²) in [5, 5.41) is 2.68. The second kappa shape index (κ2) is 5.04. The van der Waals surface area contributed by atoms with E-state index in [1.807, 2.05) is 0 Å². The van der Waals surface area contributed by atoms with E-state index in [0.29, 0.717) is 12.8 Å². The van der Waals surface area contributed by atoms with E-state index in [1.165, 1.54) is 7.11 Å². The monoisotopic (exact) mass is 243 g/mol. The van der Waals surface area contributed by atoms with Gasteiger partial charge in [0.05, 0.1) is 0 Å². The van der Waals surface area contributed by atoms with Gasteiger partial charge in [0.1, 0.15) is 17.7 Å². The predicted octanol–water partition coefficient (Wildman–Crippen LogP) is 1.65. The summed E-state index contributed by atoms with van der Waals surface area (Å²) in [5.41, 5.74) is -1.32. The van der Waals surface area contributed by atoms with E-state index < -0.39 is 17.2 Å². The van der Waals surface area contributed by atoms with Crippen molar-refractivity contribution in [2.24, 2.45) is 0 Å². The third-order valence-corrected chi connectivity index (χ3v) is 2.76. The maximum absolute atomic E-state index is 11.9. The molecule has 5 nitrogen and oxygen atoms in total. The van der Waals surface area contributed by atoms with E-state index in [2.05, 4.69) is 5.32 Å². The lowest BCUT2D eigenvalue weighted by Crippen LogP contribution is -2.60. The van der Waals surface area contributed by atoms with E-state index in [-0.39, 0.29) is 12.4 Å². The summed E-state index contributed by atoms with van der Waals surface area (Å²) in [6.07, 6.45) is 1.72. The molecule has 0 heterocycles. The first-order valence-corrected chi connectivity index (χ1v) is 5.82. The molecule has 0 spiro atoms. The Bertz CT molecular complexity index is 302. The van der Waals surface area contributed by atoms with Gasteiger partial charge in [-0.3, -0.25) is 4.79 Å². The summed E-state index contributed by atoms with van der Waals surface area (Å²) in [6, 6.07) is 0. The van der Waals surface area contributed by atoms with Crippen LogP contribution >= 0.6 is 0 Å². The molecule has 0 aromatic rings. The lowest BCUT2D eigenvalue weighted by atomic mass is 9.74. The van der Waals surface area contributed by atoms with Crippen LogP contribution in [0.1, 0.15) is 40.0 Å². The first kappa shape index (κ1) is 14.0. The highest BCUT2D eigenvalue weighted by molar-refractivity contribution is 5.93. The smallest absolute Gasteiger partial charge is 0.408 e. The van der Waals surface area contributed by atoms with Crippen LogP contribution < -0.4 is 5.32 Å². The number of hydrogen-bond donors (Lipinski definition) is 1. The van der Waals surface area contributed by atoms with Crippen molar-refractivity contribution in [3.8, 4) is 0 Å². The summed E-state index contributed by atoms with van der Waals surface area (Å²) >= 11 is 0. The third-order valence-electron chi connectivity index (χ3n) is 2.76. The minimum absolute atomic E-state index is 0.0236. The van der Waals surface area contributed by atoms with Crippen molar-refractivity contribution in [3.63, 3.8) is 0 Å². The number of hydrogen-bond acceptors (Lipinski definition) is 4. The Kier molecular flexibility index (Phi) is 4.14. The van der Waals surface area contributed by atoms with Gasteiger partial charge in [0.25, 0.3) is 0 Å². The Hall–Kier alpha value is -1.10. The van der Waals surface area contributed by atoms with E-state index in [4.69, 9.17) is 9.47 Å². The highest BCUT2D eigenvalue weighted by Gasteiger charge is 2.45. The van der Waals surface area contributed by atoms with Gasteiger partial charge in [0, 0.05) is 7.11 Å². The number of ketones is 1. The molecule has 1 rings (SSSR count). The van der Waals surface area contributed by atoms with Gasteiger partial charge in [-0.15, -0.1) is 0 Å². The number of nitrogens with one attached hydrogen (secondary N) is 1. The molecule has 0 bridgehead atoms. The largest absolute Gasteiger partial charge is 0.444 e. The van der Waals surface area contributed by atoms with Crippen molar-refractivity contribution < 1.29 is 19.1 Å². The molecule has 0 aromatic carbocycles. The van der Waals surface area contributed by atoms with Gasteiger partial charge >= 0.3 is 6.09 Å². The standard InChI is InChI=1S/C12H21NO4/c1-11(2,3)17-10(15)13-12(6-5-7-12)9(14)8-16-4/h5-8H2,1-4H3,(H,13,15). The first-order valence-electron chi connectivity index (χ1n) is 5.82. The van der Waals surface area contributed by atoms with Gasteiger partial charge in [-0.2, -0.15) is 0 Å². The maximum Gasteiger partial charge on any atom is 0.408 e. The summed E-state index contributed by atoms with van der Waals surface area (Å²) in [4.78, 5) is 23.5. The fraction of sp³-hybridized carbons (Fsp3) is 0.833. The third kappa shape index (κ3) is 3.70. The normalized spacial score (nSPS) is 18.1. The molecular weight excluding hydrogens is 222 g/mol. The average molecular weight is 243 g/mol. The SMILES string of the molecule is COCC(=O)C1(NC(=O)OC(C)(C)C)CCC1. The molecule has 1 aliphatic carbocycles. The lowest BCUT2D eigenvalue weighted by molar-refractivity contribution is -0.132. The lowest BCUT2D eigenvalue weighted by Gasteiger charge is -2.40. The Morgan fingerprint density at radius 3 is 2.24 bits per heavy atom. The quantitative estimate of drug-likeness (QED) is 0.815. The average Bonchev–Trinajstić information content (AvgIpc) is 2.08. The van der Waals surface area contributed by atoms with Crippen LogP contribution in [0.3, 0.4) is 0 Å². The molecule has 0 saturated heterocycles. The van der Waals surface area contributed by atoms with Crippen molar-refractivity contribution in [3.05, 3.63) is 0 Å². The summed E-state index contributed by atoms with van der Waals surface area (Å²) in [6.45, 7) is 5.39. The molecule has 1 fully saturated rings. The van der Waals surface area contributed by atoms with Crippen molar-refractivity contribution in [2.45, 2.75) is 51.2 Å². The second-order valence-corrected chi connectivity index (χ2v) is 5.42. The van der Waals surface area contributed by atoms with Crippen LogP contribution in [0, 0.1) is 0 Å². The predicted molar refractivity (Wildman–Crippen MR) is 62.8 cm³/mol. The van der Waals surface area contributed by atoms with Gasteiger partial charge in [-0.1, -0.05) is 0 Å². The van der Waals surface area contributed by atoms with E-state index in [9.17, 15) is 9.59 Å². The minimum atomic E-state index is -0.766. The van der Waals surface area contributed by atoms with E-state index >= 15 is 0 Å². The van der Waals surface area contributed by atoms with Crippen LogP contribution in [0.4, 0.5) is 4.79 Å². The molecule has 5 heteroatoms. The Morgan fingerprint density at radius 2 is 1.88 bits per heavy atom. The Balaban J connectivity index is 2.58. The number of carbonyl (C=O) groups excluding carboxylic acids is 2. The molecule has 17 heavy (non-hydrogen) atoms. The molecule has 1 amide bonds. The molecule has 0 radical (unpaired) electrons. The highest BCUT2D eigenvalue weighted by atomic mass is 16.6. The second-order valence-electron chi connectivity index (χ2n) is 5.42. The van der Waals surface area contributed by atoms with Crippen molar-refractivity contribution >= 4 is 11.9 Å². The number of methoxy groups -OCH3 is 1. The summed E-state index contributed by atoms with van der Waals surface area (Å²) in [5.74, 6) is -0.0860. The number of ether oxygens (including phenoxy) is 2. The zero-order chi connectivity index (χ0) is 13.1. The van der Waals surface area contributed by atoms with Gasteiger partial charge in [0.2, 0.25) is 0 Å². The van der Waals surface area contributed by atoms with E-state index in [0.717, 1.165) is 6.42 Å². The topological polar surface area (TPSA) is 64.6 Å². The van der Waals surface area contributed by atoms with Crippen LogP contribution in [-0.2, 0) is 14.3 Å². The van der Waals surface area contributed by atoms with Gasteiger partial charge in [0.15, 0.2) is 5.78 Å². The number of amides is 1. The van der Waals surface area contributed by atoms with Crippen molar-refractivity contribution in [1.82, 2.24) is 5.32 Å². The number of carbonyl (C=O) groups is 2. The van der Waals surface area contributed by atoms with Crippen molar-refractivity contribution in [2.75, 3.05) is 13.7 Å². The maximum atomic E-state index is 11.9. The molecule has 0 aromatic heterocycles. The fourth-order valence-corrected chi connectivity index (χ4v) is 1.77. The van der Waals surface area contributed by atoms with Crippen LogP contribution in [0.5, 0.6) is 0 Å². The molecule has 1 aliphatic rings. The summed E-state index contributed by atoms with van der Waals surface area (Å²) in [7, 11) is 1.47. The highest BCUT2D eigenvalue weighted by Crippen LogP contribution is 2.33. The molecule has 1 N–H and O–H groups in total. The van der Waals surface area contributed by atoms with Crippen LogP contribution in [0.25, 0.3) is 0 Å². The van der Waals surface area contributed by atoms with Crippen LogP contribution in [0.15, 0.2) is 0 Å². The molecular formula is C12H21NO4. The van der Waals surface area contributed by atoms with Crippen LogP contribution in [-0.4, -0.2) is 36.7 Å². The van der Waals surface area contributed by atoms with Gasteiger partial charge < -0.3 is 14.8 Å². The summed E-state index contributed by atoms with van der Waals surface area (Å²) < 4.78 is 9.98. The molecule has 1 saturated carbocycles. The number of Topliss-reactive ketones (excluding diaryl/α,β-unsaturated/α-hetero) is 1. The first-order chi connectivity index (χ1) is 7.79. The molecule has 0 unspecified atom stereocenters. The van der Waals surface area contributed by atoms with Crippen molar-refractivity contribution in [1.29, 1.82) is 0 Å². The zero-order valence-corrected chi connectivity index (χ0v) is 11.0. The van der Waals surface area contributed by atoms with E-state index in [1.54, 1.807) is 20.8 Å². The molecule has 0 aliphatic heterocycles. The van der Waals surface area contributed by atoms with Gasteiger partial charge in [-0.05, 0) is 40.0 Å². The van der Waals surface area contributed by atoms with Crippen LogP contribution in [0.2, 0.25) is 0 Å².